The number of carbonyl (C=O) groups is 2. The van der Waals surface area contributed by atoms with E-state index in [9.17, 15) is 14.9 Å². The molecule has 2 aliphatic rings. The van der Waals surface area contributed by atoms with Gasteiger partial charge >= 0.3 is 12.1 Å². The van der Waals surface area contributed by atoms with Crippen molar-refractivity contribution < 1.29 is 38.0 Å². The number of aromatic nitrogens is 3. The number of nitrogens with two attached hydrogens (primary N) is 1. The number of esters is 1. The molecule has 0 amide bonds. The Labute approximate surface area is 226 Å². The summed E-state index contributed by atoms with van der Waals surface area (Å²) in [6, 6.07) is 5.61. The summed E-state index contributed by atoms with van der Waals surface area (Å²) in [5.74, 6) is -1.01. The molecule has 4 atom stereocenters. The first kappa shape index (κ1) is 28.5. The summed E-state index contributed by atoms with van der Waals surface area (Å²) in [4.78, 5) is 28.0. The van der Waals surface area contributed by atoms with Crippen LogP contribution in [0.5, 0.6) is 0 Å². The molecular weight excluding hydrogens is 510 g/mol. The molecule has 4 rings (SSSR count). The Morgan fingerprint density at radius 1 is 1.15 bits per heavy atom. The third-order valence-electron chi connectivity index (χ3n) is 6.29. The SMILES string of the molecule is CC(C)(C)OC(=O)CCCCCOC(=O)OC[C@H]1O[C@@](C#N)(c2ccc3c(N)ncnn23)[C@@H]2OC(C)(C)OC21. The van der Waals surface area contributed by atoms with E-state index in [1.165, 1.54) is 10.8 Å². The highest BCUT2D eigenvalue weighted by atomic mass is 16.8. The largest absolute Gasteiger partial charge is 0.508 e. The maximum absolute atomic E-state index is 12.2. The zero-order chi connectivity index (χ0) is 28.4. The number of hydrogen-bond donors (Lipinski definition) is 1. The molecule has 0 spiro atoms. The number of nitrogen functional groups attached to an aromatic ring is 1. The van der Waals surface area contributed by atoms with E-state index in [1.807, 2.05) is 20.8 Å². The third-order valence-corrected chi connectivity index (χ3v) is 6.29. The number of fused-ring (bicyclic) bond motifs is 2. The van der Waals surface area contributed by atoms with Crippen molar-refractivity contribution >= 4 is 23.5 Å². The zero-order valence-corrected chi connectivity index (χ0v) is 22.8. The van der Waals surface area contributed by atoms with Crippen molar-refractivity contribution in [1.29, 1.82) is 5.26 Å². The third kappa shape index (κ3) is 6.24. The van der Waals surface area contributed by atoms with Crippen LogP contribution in [0.15, 0.2) is 18.5 Å². The Bertz CT molecular complexity index is 1250. The van der Waals surface area contributed by atoms with Crippen LogP contribution < -0.4 is 5.73 Å². The molecule has 1 unspecified atom stereocenters. The summed E-state index contributed by atoms with van der Waals surface area (Å²) in [5.41, 5.74) is 4.75. The predicted molar refractivity (Wildman–Crippen MR) is 135 cm³/mol. The van der Waals surface area contributed by atoms with Crippen LogP contribution in [0.1, 0.15) is 66.0 Å². The van der Waals surface area contributed by atoms with Crippen molar-refractivity contribution in [1.82, 2.24) is 14.6 Å². The lowest BCUT2D eigenvalue weighted by Crippen LogP contribution is -2.40. The van der Waals surface area contributed by atoms with Crippen molar-refractivity contribution in [2.75, 3.05) is 18.9 Å². The van der Waals surface area contributed by atoms with Crippen LogP contribution in [0.4, 0.5) is 10.6 Å². The van der Waals surface area contributed by atoms with Crippen molar-refractivity contribution in [3.63, 3.8) is 0 Å². The summed E-state index contributed by atoms with van der Waals surface area (Å²) in [6.45, 7) is 8.85. The van der Waals surface area contributed by atoms with Crippen LogP contribution in [0, 0.1) is 11.3 Å². The molecule has 13 heteroatoms. The first-order valence-corrected chi connectivity index (χ1v) is 12.9. The van der Waals surface area contributed by atoms with E-state index in [0.717, 1.165) is 0 Å². The average molecular weight is 546 g/mol. The van der Waals surface area contributed by atoms with Crippen LogP contribution in [0.2, 0.25) is 0 Å². The van der Waals surface area contributed by atoms with Crippen LogP contribution in [-0.4, -0.2) is 69.6 Å². The van der Waals surface area contributed by atoms with Gasteiger partial charge in [-0.25, -0.2) is 14.3 Å². The molecule has 0 bridgehead atoms. The Kier molecular flexibility index (Phi) is 8.02. The lowest BCUT2D eigenvalue weighted by molar-refractivity contribution is -0.205. The molecule has 39 heavy (non-hydrogen) atoms. The number of ether oxygens (including phenoxy) is 6. The fourth-order valence-electron chi connectivity index (χ4n) is 4.75. The first-order valence-electron chi connectivity index (χ1n) is 12.9. The number of rotatable bonds is 9. The van der Waals surface area contributed by atoms with E-state index in [0.29, 0.717) is 36.9 Å². The van der Waals surface area contributed by atoms with Crippen LogP contribution in [0.3, 0.4) is 0 Å². The van der Waals surface area contributed by atoms with E-state index in [4.69, 9.17) is 34.2 Å². The standard InChI is InChI=1S/C26H35N5O8/c1-24(2,3)37-19(32)9-7-6-8-12-34-23(33)35-13-17-20-21(39-25(4,5)38-20)26(14-27,36-17)18-11-10-16-22(28)29-15-30-31(16)18/h10-11,15,17,20-21H,6-9,12-13H2,1-5H3,(H2,28,29,30)/t17-,20?,21-,26+/m1/s1. The van der Waals surface area contributed by atoms with Gasteiger partial charge in [-0.3, -0.25) is 4.79 Å². The van der Waals surface area contributed by atoms with Gasteiger partial charge in [0.05, 0.1) is 12.3 Å². The zero-order valence-electron chi connectivity index (χ0n) is 22.8. The maximum atomic E-state index is 12.2. The van der Waals surface area contributed by atoms with Gasteiger partial charge in [-0.05, 0) is 66.0 Å². The molecule has 2 fully saturated rings. The van der Waals surface area contributed by atoms with Gasteiger partial charge in [0.25, 0.3) is 0 Å². The molecular formula is C26H35N5O8. The highest BCUT2D eigenvalue weighted by Crippen LogP contribution is 2.49. The van der Waals surface area contributed by atoms with Gasteiger partial charge in [0.15, 0.2) is 11.6 Å². The Morgan fingerprint density at radius 3 is 2.64 bits per heavy atom. The molecule has 0 radical (unpaired) electrons. The molecule has 0 aromatic carbocycles. The fourth-order valence-corrected chi connectivity index (χ4v) is 4.75. The monoisotopic (exact) mass is 545 g/mol. The van der Waals surface area contributed by atoms with Gasteiger partial charge in [0, 0.05) is 6.42 Å². The summed E-state index contributed by atoms with van der Waals surface area (Å²) >= 11 is 0. The summed E-state index contributed by atoms with van der Waals surface area (Å²) in [6.07, 6.45) is 0.244. The number of nitriles is 1. The van der Waals surface area contributed by atoms with E-state index >= 15 is 0 Å². The van der Waals surface area contributed by atoms with Crippen molar-refractivity contribution in [2.45, 2.75) is 95.6 Å². The van der Waals surface area contributed by atoms with E-state index in [2.05, 4.69) is 16.2 Å². The van der Waals surface area contributed by atoms with Crippen LogP contribution >= 0.6 is 0 Å². The molecule has 0 saturated carbocycles. The predicted octanol–water partition coefficient (Wildman–Crippen LogP) is 3.00. The molecule has 0 aliphatic carbocycles. The van der Waals surface area contributed by atoms with Gasteiger partial charge in [-0.2, -0.15) is 10.4 Å². The molecule has 2 saturated heterocycles. The summed E-state index contributed by atoms with van der Waals surface area (Å²) in [7, 11) is 0. The van der Waals surface area contributed by atoms with Crippen molar-refractivity contribution in [3.05, 3.63) is 24.2 Å². The van der Waals surface area contributed by atoms with Gasteiger partial charge < -0.3 is 34.2 Å². The highest BCUT2D eigenvalue weighted by Gasteiger charge is 2.65. The van der Waals surface area contributed by atoms with Gasteiger partial charge in [-0.15, -0.1) is 0 Å². The van der Waals surface area contributed by atoms with E-state index in [-0.39, 0.29) is 25.0 Å². The summed E-state index contributed by atoms with van der Waals surface area (Å²) in [5, 5.41) is 14.6. The second-order valence-electron chi connectivity index (χ2n) is 11.0. The molecule has 212 valence electrons. The van der Waals surface area contributed by atoms with Gasteiger partial charge in [0.1, 0.15) is 48.4 Å². The van der Waals surface area contributed by atoms with Gasteiger partial charge in [-0.1, -0.05) is 0 Å². The van der Waals surface area contributed by atoms with E-state index < -0.39 is 41.5 Å². The topological polar surface area (TPSA) is 170 Å². The minimum absolute atomic E-state index is 0.136. The second kappa shape index (κ2) is 11.0. The van der Waals surface area contributed by atoms with Crippen LogP contribution in [-0.2, 0) is 38.8 Å². The molecule has 2 N–H and O–H groups in total. The van der Waals surface area contributed by atoms with E-state index in [1.54, 1.807) is 26.0 Å². The van der Waals surface area contributed by atoms with Crippen molar-refractivity contribution in [2.24, 2.45) is 0 Å². The first-order chi connectivity index (χ1) is 18.3. The Hall–Kier alpha value is -3.47. The summed E-state index contributed by atoms with van der Waals surface area (Å²) < 4.78 is 35.6. The number of unbranched alkanes of at least 4 members (excludes halogenated alkanes) is 2. The number of anilines is 1. The highest BCUT2D eigenvalue weighted by molar-refractivity contribution is 5.69. The normalized spacial score (nSPS) is 25.7. The lowest BCUT2D eigenvalue weighted by atomic mass is 9.92. The minimum Gasteiger partial charge on any atom is -0.460 e. The number of hydrogen-bond acceptors (Lipinski definition) is 12. The quantitative estimate of drug-likeness (QED) is 0.361. The fraction of sp³-hybridized carbons (Fsp3) is 0.654. The minimum atomic E-state index is -1.61. The smallest absolute Gasteiger partial charge is 0.460 e. The second-order valence-corrected chi connectivity index (χ2v) is 11.0. The number of nitrogens with zero attached hydrogens (tertiary/aromatic N) is 4. The average Bonchev–Trinajstić information content (AvgIpc) is 3.50. The lowest BCUT2D eigenvalue weighted by Gasteiger charge is -2.28. The molecule has 2 aliphatic heterocycles. The molecule has 2 aromatic heterocycles. The molecule has 13 nitrogen and oxygen atoms in total. The molecule has 4 heterocycles. The number of carbonyl (C=O) groups excluding carboxylic acids is 2. The van der Waals surface area contributed by atoms with Crippen molar-refractivity contribution in [3.8, 4) is 6.07 Å². The Morgan fingerprint density at radius 2 is 1.92 bits per heavy atom. The Balaban J connectivity index is 1.33. The molecule has 2 aromatic rings. The van der Waals surface area contributed by atoms with Crippen LogP contribution in [0.25, 0.3) is 5.52 Å². The van der Waals surface area contributed by atoms with Gasteiger partial charge in [0.2, 0.25) is 5.60 Å². The maximum Gasteiger partial charge on any atom is 0.508 e.